The summed E-state index contributed by atoms with van der Waals surface area (Å²) in [6, 6.07) is 12.6. The maximum atomic E-state index is 14.3. The summed E-state index contributed by atoms with van der Waals surface area (Å²) < 4.78 is 57.5. The number of hydrogen-bond donors (Lipinski definition) is 5. The highest BCUT2D eigenvalue weighted by Crippen LogP contribution is 2.36. The predicted molar refractivity (Wildman–Crippen MR) is 182 cm³/mol. The third kappa shape index (κ3) is 10.1. The Labute approximate surface area is 293 Å². The van der Waals surface area contributed by atoms with Crippen molar-refractivity contribution in [2.75, 3.05) is 46.2 Å². The van der Waals surface area contributed by atoms with Gasteiger partial charge in [0, 0.05) is 25.7 Å². The summed E-state index contributed by atoms with van der Waals surface area (Å²) in [5, 5.41) is 29.4. The van der Waals surface area contributed by atoms with Crippen LogP contribution in [0.5, 0.6) is 11.5 Å². The fraction of sp³-hybridized carbons (Fsp3) is 0.576. The zero-order chi connectivity index (χ0) is 35.9. The Morgan fingerprint density at radius 2 is 1.88 bits per heavy atom. The number of alkyl carbamates (subject to hydrolysis) is 1. The van der Waals surface area contributed by atoms with E-state index >= 15 is 0 Å². The molecule has 2 fully saturated rings. The number of amides is 2. The van der Waals surface area contributed by atoms with E-state index in [1.54, 1.807) is 0 Å². The van der Waals surface area contributed by atoms with E-state index in [-0.39, 0.29) is 68.5 Å². The summed E-state index contributed by atoms with van der Waals surface area (Å²) in [4.78, 5) is 25.4. The molecule has 3 aliphatic rings. The molecule has 0 bridgehead atoms. The molecular weight excluding hydrogens is 671 g/mol. The number of hydrogen-bond acceptors (Lipinski definition) is 12. The largest absolute Gasteiger partial charge is 0.454 e. The molecular formula is C33H47BN4O11S. The quantitative estimate of drug-likeness (QED) is 0.147. The first kappa shape index (κ1) is 37.8. The molecule has 274 valence electrons. The lowest BCUT2D eigenvalue weighted by molar-refractivity contribution is -0.120. The van der Waals surface area contributed by atoms with Gasteiger partial charge in [-0.2, -0.15) is 4.31 Å². The van der Waals surface area contributed by atoms with Gasteiger partial charge in [0.15, 0.2) is 17.8 Å². The van der Waals surface area contributed by atoms with Crippen molar-refractivity contribution in [1.82, 2.24) is 20.2 Å². The van der Waals surface area contributed by atoms with E-state index in [1.807, 2.05) is 44.2 Å². The smallest absolute Gasteiger partial charge is 0.407 e. The molecule has 2 amide bonds. The summed E-state index contributed by atoms with van der Waals surface area (Å²) in [5.74, 6) is 0.313. The van der Waals surface area contributed by atoms with Crippen LogP contribution in [0.4, 0.5) is 4.79 Å². The minimum absolute atomic E-state index is 0.0307. The molecule has 2 aromatic rings. The molecule has 2 saturated heterocycles. The number of aliphatic hydroxyl groups excluding tert-OH is 1. The lowest BCUT2D eigenvalue weighted by atomic mass is 9.88. The Balaban J connectivity index is 1.34. The monoisotopic (exact) mass is 718 g/mol. The van der Waals surface area contributed by atoms with Crippen LogP contribution in [0.1, 0.15) is 32.3 Å². The molecule has 5 N–H and O–H groups in total. The number of nitrogens with one attached hydrogen (secondary N) is 3. The molecule has 0 saturated carbocycles. The average molecular weight is 719 g/mol. The van der Waals surface area contributed by atoms with E-state index in [0.717, 1.165) is 5.56 Å². The summed E-state index contributed by atoms with van der Waals surface area (Å²) in [5.41, 5.74) is 0.134. The van der Waals surface area contributed by atoms with Gasteiger partial charge >= 0.3 is 13.1 Å². The maximum absolute atomic E-state index is 14.3. The number of ether oxygens (including phenoxy) is 5. The van der Waals surface area contributed by atoms with Gasteiger partial charge < -0.3 is 49.7 Å². The molecule has 17 heteroatoms. The number of carbonyl (C=O) groups excluding carboxylic acids is 2. The second kappa shape index (κ2) is 16.7. The van der Waals surface area contributed by atoms with E-state index < -0.39 is 53.1 Å². The zero-order valence-electron chi connectivity index (χ0n) is 28.6. The fourth-order valence-corrected chi connectivity index (χ4v) is 7.85. The topological polar surface area (TPSA) is 194 Å². The number of aliphatic hydroxyl groups is 1. The minimum Gasteiger partial charge on any atom is -0.454 e. The van der Waals surface area contributed by atoms with E-state index in [9.17, 15) is 28.1 Å². The van der Waals surface area contributed by atoms with Gasteiger partial charge in [-0.15, -0.1) is 0 Å². The molecule has 0 aromatic heterocycles. The molecule has 5 atom stereocenters. The highest BCUT2D eigenvalue weighted by Gasteiger charge is 2.44. The molecule has 0 aliphatic carbocycles. The van der Waals surface area contributed by atoms with Gasteiger partial charge in [0.1, 0.15) is 6.10 Å². The van der Waals surface area contributed by atoms with Crippen LogP contribution in [0.2, 0.25) is 6.82 Å². The Morgan fingerprint density at radius 1 is 1.12 bits per heavy atom. The van der Waals surface area contributed by atoms with Crippen LogP contribution >= 0.6 is 0 Å². The number of benzene rings is 2. The van der Waals surface area contributed by atoms with Gasteiger partial charge in [-0.05, 0) is 49.2 Å². The van der Waals surface area contributed by atoms with Crippen LogP contribution < -0.4 is 25.3 Å². The van der Waals surface area contributed by atoms with Crippen LogP contribution in [0.25, 0.3) is 0 Å². The van der Waals surface area contributed by atoms with Crippen molar-refractivity contribution >= 4 is 29.1 Å². The van der Waals surface area contributed by atoms with E-state index in [2.05, 4.69) is 15.9 Å². The van der Waals surface area contributed by atoms with Crippen molar-refractivity contribution in [3.8, 4) is 11.5 Å². The molecule has 0 radical (unpaired) electrons. The summed E-state index contributed by atoms with van der Waals surface area (Å²) in [6.07, 6.45) is -1.75. The summed E-state index contributed by atoms with van der Waals surface area (Å²) >= 11 is 0. The van der Waals surface area contributed by atoms with Crippen LogP contribution in [0, 0.1) is 11.3 Å². The number of carbonyl (C=O) groups is 2. The SMILES string of the molecule is CB(O)NCC(=O)NCCC(C)(C)CN(C[C@@H](O)[C@H](Cc1ccccc1)NC(=O)O[C@H]1CO[C@H]2OCC[C@H]21)S(=O)(=O)c1ccc2c(c1)OCO2. The van der Waals surface area contributed by atoms with Gasteiger partial charge in [0.25, 0.3) is 0 Å². The standard InChI is InChI=1S/C33H47BN4O11S/c1-33(2,12-13-35-30(40)17-36-34(3)42)20-38(50(43,44)23-9-10-27-28(16-23)48-21-47-27)18-26(39)25(15-22-7-5-4-6-8-22)37-32(41)49-29-19-46-31-24(29)11-14-45-31/h4-10,16,24-26,29,31,36,39,42H,11-15,17-21H2,1-3H3,(H,35,40)(H,37,41)/t24-,25-,26+,29-,31+/m0/s1. The van der Waals surface area contributed by atoms with Crippen molar-refractivity contribution in [2.45, 2.75) is 69.4 Å². The number of sulfonamides is 1. The van der Waals surface area contributed by atoms with Crippen LogP contribution in [-0.2, 0) is 35.4 Å². The molecule has 3 aliphatic heterocycles. The van der Waals surface area contributed by atoms with Gasteiger partial charge in [-0.1, -0.05) is 44.2 Å². The first-order valence-corrected chi connectivity index (χ1v) is 18.2. The van der Waals surface area contributed by atoms with Crippen molar-refractivity contribution in [3.63, 3.8) is 0 Å². The van der Waals surface area contributed by atoms with Gasteiger partial charge in [-0.3, -0.25) is 4.79 Å². The molecule has 0 unspecified atom stereocenters. The summed E-state index contributed by atoms with van der Waals surface area (Å²) in [6.45, 7) is 5.69. The third-order valence-electron chi connectivity index (χ3n) is 8.97. The number of rotatable bonds is 17. The van der Waals surface area contributed by atoms with Gasteiger partial charge in [0.2, 0.25) is 22.7 Å². The van der Waals surface area contributed by atoms with Crippen molar-refractivity contribution in [2.24, 2.45) is 11.3 Å². The van der Waals surface area contributed by atoms with Crippen molar-refractivity contribution < 1.29 is 51.8 Å². The Hall–Kier alpha value is -3.45. The van der Waals surface area contributed by atoms with E-state index in [0.29, 0.717) is 25.2 Å². The molecule has 2 aromatic carbocycles. The molecule has 50 heavy (non-hydrogen) atoms. The molecule has 5 rings (SSSR count). The first-order chi connectivity index (χ1) is 23.8. The van der Waals surface area contributed by atoms with Crippen LogP contribution in [0.15, 0.2) is 53.4 Å². The van der Waals surface area contributed by atoms with Crippen LogP contribution in [-0.4, -0.2) is 113 Å². The highest BCUT2D eigenvalue weighted by molar-refractivity contribution is 7.89. The van der Waals surface area contributed by atoms with Crippen molar-refractivity contribution in [3.05, 3.63) is 54.1 Å². The highest BCUT2D eigenvalue weighted by atomic mass is 32.2. The lowest BCUT2D eigenvalue weighted by Gasteiger charge is -2.35. The van der Waals surface area contributed by atoms with Crippen LogP contribution in [0.3, 0.4) is 0 Å². The number of nitrogens with zero attached hydrogens (tertiary/aromatic N) is 1. The molecule has 15 nitrogen and oxygen atoms in total. The van der Waals surface area contributed by atoms with Gasteiger partial charge in [0.05, 0.1) is 42.7 Å². The second-order valence-electron chi connectivity index (χ2n) is 13.6. The third-order valence-corrected chi connectivity index (χ3v) is 10.8. The maximum Gasteiger partial charge on any atom is 0.407 e. The molecule has 0 spiro atoms. The normalized spacial score (nSPS) is 21.0. The van der Waals surface area contributed by atoms with E-state index in [1.165, 1.54) is 29.3 Å². The Bertz CT molecular complexity index is 1570. The average Bonchev–Trinajstić information content (AvgIpc) is 3.82. The van der Waals surface area contributed by atoms with Gasteiger partial charge in [-0.25, -0.2) is 13.2 Å². The van der Waals surface area contributed by atoms with E-state index in [4.69, 9.17) is 23.7 Å². The Kier molecular flexibility index (Phi) is 12.6. The molecule has 3 heterocycles. The minimum atomic E-state index is -4.24. The lowest BCUT2D eigenvalue weighted by Crippen LogP contribution is -2.52. The fourth-order valence-electron chi connectivity index (χ4n) is 6.19. The zero-order valence-corrected chi connectivity index (χ0v) is 29.4. The number of fused-ring (bicyclic) bond motifs is 2. The van der Waals surface area contributed by atoms with Crippen molar-refractivity contribution in [1.29, 1.82) is 0 Å². The predicted octanol–water partition coefficient (Wildman–Crippen LogP) is 1.10. The summed E-state index contributed by atoms with van der Waals surface area (Å²) in [7, 11) is -5.08. The first-order valence-electron chi connectivity index (χ1n) is 16.8. The Morgan fingerprint density at radius 3 is 2.64 bits per heavy atom. The second-order valence-corrected chi connectivity index (χ2v) is 15.5.